The van der Waals surface area contributed by atoms with Gasteiger partial charge < -0.3 is 0 Å². The third kappa shape index (κ3) is 3.65. The van der Waals surface area contributed by atoms with Crippen molar-refractivity contribution in [2.45, 2.75) is 19.3 Å². The van der Waals surface area contributed by atoms with Crippen LogP contribution in [0.3, 0.4) is 0 Å². The molecule has 132 valence electrons. The maximum Gasteiger partial charge on any atom is 0.159 e. The van der Waals surface area contributed by atoms with E-state index in [4.69, 9.17) is 23.2 Å². The van der Waals surface area contributed by atoms with Gasteiger partial charge in [-0.2, -0.15) is 0 Å². The highest BCUT2D eigenvalue weighted by Crippen LogP contribution is 2.39. The number of hydrogen-bond acceptors (Lipinski definition) is 2. The van der Waals surface area contributed by atoms with Crippen molar-refractivity contribution in [1.82, 2.24) is 0 Å². The van der Waals surface area contributed by atoms with E-state index < -0.39 is 17.3 Å². The van der Waals surface area contributed by atoms with Crippen LogP contribution in [-0.4, -0.2) is 23.3 Å². The van der Waals surface area contributed by atoms with Gasteiger partial charge in [0, 0.05) is 23.6 Å². The number of rotatable bonds is 8. The Labute approximate surface area is 159 Å². The largest absolute Gasteiger partial charge is 0.297 e. The van der Waals surface area contributed by atoms with Gasteiger partial charge in [0.25, 0.3) is 0 Å². The lowest BCUT2D eigenvalue weighted by atomic mass is 9.63. The van der Waals surface area contributed by atoms with E-state index in [1.807, 2.05) is 60.7 Å². The minimum Gasteiger partial charge on any atom is -0.297 e. The highest BCUT2D eigenvalue weighted by atomic mass is 35.5. The summed E-state index contributed by atoms with van der Waals surface area (Å²) >= 11 is 12.0. The molecule has 0 aromatic heterocycles. The quantitative estimate of drug-likeness (QED) is 0.486. The van der Waals surface area contributed by atoms with E-state index in [0.717, 1.165) is 0 Å². The van der Waals surface area contributed by atoms with Crippen LogP contribution in [-0.2, 0) is 15.0 Å². The normalized spacial score (nSPS) is 13.9. The number of alkyl halides is 2. The Kier molecular flexibility index (Phi) is 6.80. The summed E-state index contributed by atoms with van der Waals surface area (Å²) in [6.07, 6.45) is 0. The van der Waals surface area contributed by atoms with E-state index >= 15 is 0 Å². The summed E-state index contributed by atoms with van der Waals surface area (Å²) in [6, 6.07) is 18.4. The first-order chi connectivity index (χ1) is 12.0. The second-order valence-corrected chi connectivity index (χ2v) is 6.94. The number of benzene rings is 2. The molecule has 4 heteroatoms. The molecule has 0 aliphatic carbocycles. The Bertz CT molecular complexity index is 650. The zero-order valence-electron chi connectivity index (χ0n) is 14.4. The maximum absolute atomic E-state index is 13.5. The number of hydrogen-bond donors (Lipinski definition) is 0. The molecule has 25 heavy (non-hydrogen) atoms. The molecule has 2 rings (SSSR count). The fourth-order valence-electron chi connectivity index (χ4n) is 3.11. The molecular weight excluding hydrogens is 355 g/mol. The molecule has 0 spiro atoms. The molecule has 0 heterocycles. The van der Waals surface area contributed by atoms with Crippen LogP contribution >= 0.6 is 23.2 Å². The summed E-state index contributed by atoms with van der Waals surface area (Å²) in [5.41, 5.74) is -0.0826. The Hall–Kier alpha value is -1.64. The lowest BCUT2D eigenvalue weighted by Crippen LogP contribution is -2.50. The molecule has 0 amide bonds. The average molecular weight is 377 g/mol. The van der Waals surface area contributed by atoms with Crippen LogP contribution < -0.4 is 0 Å². The fraction of sp³-hybridized carbons (Fsp3) is 0.333. The summed E-state index contributed by atoms with van der Waals surface area (Å²) in [6.45, 7) is 3.52. The van der Waals surface area contributed by atoms with Crippen LogP contribution in [0.25, 0.3) is 0 Å². The van der Waals surface area contributed by atoms with Crippen LogP contribution in [0.1, 0.15) is 25.0 Å². The van der Waals surface area contributed by atoms with Crippen molar-refractivity contribution in [2.24, 2.45) is 11.8 Å². The number of halogens is 2. The van der Waals surface area contributed by atoms with Crippen molar-refractivity contribution >= 4 is 34.8 Å². The van der Waals surface area contributed by atoms with Gasteiger partial charge in [-0.15, -0.1) is 23.2 Å². The highest BCUT2D eigenvalue weighted by Gasteiger charge is 2.50. The van der Waals surface area contributed by atoms with Crippen molar-refractivity contribution in [1.29, 1.82) is 0 Å². The van der Waals surface area contributed by atoms with Gasteiger partial charge in [-0.3, -0.25) is 9.59 Å². The second kappa shape index (κ2) is 8.64. The molecule has 2 aromatic carbocycles. The van der Waals surface area contributed by atoms with Gasteiger partial charge in [0.05, 0.1) is 0 Å². The number of ketones is 2. The Morgan fingerprint density at radius 1 is 0.760 bits per heavy atom. The van der Waals surface area contributed by atoms with E-state index in [9.17, 15) is 9.59 Å². The molecule has 0 saturated carbocycles. The standard InChI is InChI=1S/C21H22Cl2O2/c1-15(13-22)19(24)21(20(25)16(2)14-23,17-9-5-3-6-10-17)18-11-7-4-8-12-18/h3-12,15-16H,13-14H2,1-2H3. The molecule has 0 saturated heterocycles. The number of carbonyl (C=O) groups excluding carboxylic acids is 2. The van der Waals surface area contributed by atoms with Crippen molar-refractivity contribution in [3.05, 3.63) is 71.8 Å². The van der Waals surface area contributed by atoms with Gasteiger partial charge in [-0.1, -0.05) is 74.5 Å². The van der Waals surface area contributed by atoms with E-state index in [1.165, 1.54) is 0 Å². The van der Waals surface area contributed by atoms with Gasteiger partial charge >= 0.3 is 0 Å². The molecule has 0 radical (unpaired) electrons. The van der Waals surface area contributed by atoms with Crippen LogP contribution in [0.15, 0.2) is 60.7 Å². The van der Waals surface area contributed by atoms with E-state index in [-0.39, 0.29) is 23.3 Å². The minimum absolute atomic E-state index is 0.156. The molecular formula is C21H22Cl2O2. The van der Waals surface area contributed by atoms with Crippen LogP contribution in [0, 0.1) is 11.8 Å². The predicted octanol–water partition coefficient (Wildman–Crippen LogP) is 4.86. The zero-order valence-corrected chi connectivity index (χ0v) is 15.9. The van der Waals surface area contributed by atoms with E-state index in [0.29, 0.717) is 11.1 Å². The molecule has 0 bridgehead atoms. The number of Topliss-reactive ketones (excluding diaryl/α,β-unsaturated/α-hetero) is 2. The topological polar surface area (TPSA) is 34.1 Å². The second-order valence-electron chi connectivity index (χ2n) is 6.32. The van der Waals surface area contributed by atoms with Crippen LogP contribution in [0.5, 0.6) is 0 Å². The van der Waals surface area contributed by atoms with Gasteiger partial charge in [-0.05, 0) is 11.1 Å². The predicted molar refractivity (Wildman–Crippen MR) is 103 cm³/mol. The Morgan fingerprint density at radius 3 is 1.36 bits per heavy atom. The summed E-state index contributed by atoms with van der Waals surface area (Å²) in [7, 11) is 0. The van der Waals surface area contributed by atoms with Crippen molar-refractivity contribution in [3.8, 4) is 0 Å². The first-order valence-corrected chi connectivity index (χ1v) is 9.38. The van der Waals surface area contributed by atoms with Crippen molar-refractivity contribution in [2.75, 3.05) is 11.8 Å². The Morgan fingerprint density at radius 2 is 1.08 bits per heavy atom. The zero-order chi connectivity index (χ0) is 18.4. The number of carbonyl (C=O) groups is 2. The lowest BCUT2D eigenvalue weighted by Gasteiger charge is -2.35. The average Bonchev–Trinajstić information content (AvgIpc) is 2.68. The maximum atomic E-state index is 13.5. The van der Waals surface area contributed by atoms with Crippen LogP contribution in [0.4, 0.5) is 0 Å². The smallest absolute Gasteiger partial charge is 0.159 e. The van der Waals surface area contributed by atoms with Gasteiger partial charge in [0.1, 0.15) is 5.41 Å². The van der Waals surface area contributed by atoms with Crippen molar-refractivity contribution < 1.29 is 9.59 Å². The molecule has 2 nitrogen and oxygen atoms in total. The minimum atomic E-state index is -1.40. The summed E-state index contributed by atoms with van der Waals surface area (Å²) < 4.78 is 0. The molecule has 2 unspecified atom stereocenters. The van der Waals surface area contributed by atoms with Gasteiger partial charge in [0.15, 0.2) is 11.6 Å². The molecule has 0 aliphatic rings. The monoisotopic (exact) mass is 376 g/mol. The third-order valence-corrected chi connectivity index (χ3v) is 5.44. The summed E-state index contributed by atoms with van der Waals surface area (Å²) in [5, 5.41) is 0. The van der Waals surface area contributed by atoms with E-state index in [2.05, 4.69) is 0 Å². The highest BCUT2D eigenvalue weighted by molar-refractivity contribution is 6.24. The first kappa shape index (κ1) is 19.7. The summed E-state index contributed by atoms with van der Waals surface area (Å²) in [4.78, 5) is 27.0. The van der Waals surface area contributed by atoms with Crippen LogP contribution in [0.2, 0.25) is 0 Å². The molecule has 2 atom stereocenters. The molecule has 0 aliphatic heterocycles. The molecule has 2 aromatic rings. The van der Waals surface area contributed by atoms with E-state index in [1.54, 1.807) is 13.8 Å². The van der Waals surface area contributed by atoms with Gasteiger partial charge in [0.2, 0.25) is 0 Å². The Balaban J connectivity index is 2.83. The SMILES string of the molecule is CC(CCl)C(=O)C(C(=O)C(C)CCl)(c1ccccc1)c1ccccc1. The molecule has 0 N–H and O–H groups in total. The van der Waals surface area contributed by atoms with Gasteiger partial charge in [-0.25, -0.2) is 0 Å². The third-order valence-electron chi connectivity index (χ3n) is 4.51. The van der Waals surface area contributed by atoms with Crippen molar-refractivity contribution in [3.63, 3.8) is 0 Å². The molecule has 0 fully saturated rings. The first-order valence-electron chi connectivity index (χ1n) is 8.31. The fourth-order valence-corrected chi connectivity index (χ4v) is 3.39. The summed E-state index contributed by atoms with van der Waals surface area (Å²) in [5.74, 6) is -1.00. The lowest BCUT2D eigenvalue weighted by molar-refractivity contribution is -0.136.